The monoisotopic (exact) mass is 323 g/mol. The molecule has 1 unspecified atom stereocenters. The molecule has 7 heteroatoms. The minimum atomic E-state index is -0.618. The molecule has 0 fully saturated rings. The largest absolute Gasteiger partial charge is 0.279 e. The van der Waals surface area contributed by atoms with E-state index in [1.165, 1.54) is 0 Å². The van der Waals surface area contributed by atoms with Crippen LogP contribution >= 0.6 is 23.2 Å². The fraction of sp³-hybridized carbons (Fsp3) is 0.214. The van der Waals surface area contributed by atoms with Crippen molar-refractivity contribution in [2.75, 3.05) is 5.01 Å². The van der Waals surface area contributed by atoms with Crippen LogP contribution in [-0.2, 0) is 9.59 Å². The topological polar surface area (TPSA) is 53.0 Å². The summed E-state index contributed by atoms with van der Waals surface area (Å²) in [7, 11) is 0. The van der Waals surface area contributed by atoms with Gasteiger partial charge >= 0.3 is 0 Å². The van der Waals surface area contributed by atoms with E-state index in [2.05, 4.69) is 5.10 Å². The first-order valence-electron chi connectivity index (χ1n) is 6.36. The van der Waals surface area contributed by atoms with Crippen LogP contribution in [0.25, 0.3) is 0 Å². The molecular formula is C14H11Cl2N3O2. The Hall–Kier alpha value is -1.85. The van der Waals surface area contributed by atoms with Crippen LogP contribution < -0.4 is 5.01 Å². The summed E-state index contributed by atoms with van der Waals surface area (Å²) < 4.78 is 0. The Morgan fingerprint density at radius 3 is 2.24 bits per heavy atom. The van der Waals surface area contributed by atoms with Crippen LogP contribution in [0.1, 0.15) is 13.3 Å². The molecule has 1 aromatic rings. The van der Waals surface area contributed by atoms with Gasteiger partial charge < -0.3 is 0 Å². The number of rotatable bonds is 1. The first-order valence-corrected chi connectivity index (χ1v) is 7.12. The molecule has 1 atom stereocenters. The van der Waals surface area contributed by atoms with Gasteiger partial charge in [-0.25, -0.2) is 4.90 Å². The molecule has 0 radical (unpaired) electrons. The van der Waals surface area contributed by atoms with E-state index in [0.29, 0.717) is 12.3 Å². The Morgan fingerprint density at radius 1 is 1.10 bits per heavy atom. The second kappa shape index (κ2) is 5.16. The lowest BCUT2D eigenvalue weighted by atomic mass is 10.2. The number of imide groups is 1. The number of hydrazone groups is 1. The molecule has 0 spiro atoms. The first-order chi connectivity index (χ1) is 10.0. The lowest BCUT2D eigenvalue weighted by Gasteiger charge is -2.19. The number of amides is 2. The number of nitrogens with zero attached hydrogens (tertiary/aromatic N) is 3. The molecule has 0 aromatic heterocycles. The van der Waals surface area contributed by atoms with E-state index < -0.39 is 11.8 Å². The predicted octanol–water partition coefficient (Wildman–Crippen LogP) is 2.66. The molecule has 1 aromatic carbocycles. The first kappa shape index (κ1) is 14.1. The Labute approximate surface area is 131 Å². The third kappa shape index (κ3) is 2.22. The molecular weight excluding hydrogens is 313 g/mol. The average Bonchev–Trinajstić information content (AvgIpc) is 2.95. The number of hydrogen-bond donors (Lipinski definition) is 0. The minimum Gasteiger partial charge on any atom is -0.267 e. The number of amidine groups is 1. The number of hydrogen-bond acceptors (Lipinski definition) is 4. The molecule has 0 saturated carbocycles. The standard InChI is InChI=1S/C14H11Cl2N3O2/c1-8-7-10(17-19(8)9-5-3-2-4-6-9)18-13(20)11(15)12(16)14(18)21/h2-6,8H,7H2,1H3. The van der Waals surface area contributed by atoms with Crippen molar-refractivity contribution in [3.63, 3.8) is 0 Å². The average molecular weight is 324 g/mol. The van der Waals surface area contributed by atoms with E-state index in [1.54, 1.807) is 5.01 Å². The van der Waals surface area contributed by atoms with Crippen LogP contribution in [0.5, 0.6) is 0 Å². The van der Waals surface area contributed by atoms with Crippen LogP contribution in [-0.4, -0.2) is 28.6 Å². The normalized spacial score (nSPS) is 22.4. The van der Waals surface area contributed by atoms with Gasteiger partial charge in [-0.05, 0) is 19.1 Å². The lowest BCUT2D eigenvalue weighted by Crippen LogP contribution is -2.36. The fourth-order valence-electron chi connectivity index (χ4n) is 2.35. The summed E-state index contributed by atoms with van der Waals surface area (Å²) >= 11 is 11.5. The van der Waals surface area contributed by atoms with E-state index in [4.69, 9.17) is 23.2 Å². The Kier molecular flexibility index (Phi) is 3.47. The predicted molar refractivity (Wildman–Crippen MR) is 81.0 cm³/mol. The zero-order valence-electron chi connectivity index (χ0n) is 11.1. The lowest BCUT2D eigenvalue weighted by molar-refractivity contribution is -0.132. The number of para-hydroxylation sites is 1. The van der Waals surface area contributed by atoms with E-state index in [1.807, 2.05) is 37.3 Å². The number of benzene rings is 1. The molecule has 2 aliphatic rings. The molecule has 2 amide bonds. The Balaban J connectivity index is 1.92. The third-order valence-corrected chi connectivity index (χ3v) is 4.17. The summed E-state index contributed by atoms with van der Waals surface area (Å²) in [6.07, 6.45) is 0.459. The molecule has 0 N–H and O–H groups in total. The number of anilines is 1. The SMILES string of the molecule is CC1CC(N2C(=O)C(Cl)=C(Cl)C2=O)=NN1c1ccccc1. The Morgan fingerprint density at radius 2 is 1.67 bits per heavy atom. The zero-order chi connectivity index (χ0) is 15.1. The molecule has 108 valence electrons. The molecule has 0 bridgehead atoms. The summed E-state index contributed by atoms with van der Waals surface area (Å²) in [6.45, 7) is 1.96. The van der Waals surface area contributed by atoms with Crippen molar-refractivity contribution >= 4 is 46.5 Å². The van der Waals surface area contributed by atoms with Crippen molar-refractivity contribution in [3.05, 3.63) is 40.4 Å². The van der Waals surface area contributed by atoms with Gasteiger partial charge in [0.15, 0.2) is 0 Å². The maximum absolute atomic E-state index is 12.0. The van der Waals surface area contributed by atoms with Gasteiger partial charge in [-0.15, -0.1) is 0 Å². The number of carbonyl (C=O) groups excluding carboxylic acids is 2. The zero-order valence-corrected chi connectivity index (χ0v) is 12.6. The number of carbonyl (C=O) groups is 2. The third-order valence-electron chi connectivity index (χ3n) is 3.37. The van der Waals surface area contributed by atoms with Crippen LogP contribution in [0.4, 0.5) is 5.69 Å². The van der Waals surface area contributed by atoms with Crippen LogP contribution in [0.15, 0.2) is 45.5 Å². The maximum Gasteiger partial charge on any atom is 0.279 e. The van der Waals surface area contributed by atoms with E-state index in [-0.39, 0.29) is 16.1 Å². The van der Waals surface area contributed by atoms with Crippen molar-refractivity contribution in [1.29, 1.82) is 0 Å². The molecule has 0 saturated heterocycles. The maximum atomic E-state index is 12.0. The summed E-state index contributed by atoms with van der Waals surface area (Å²) in [5.41, 5.74) is 0.893. The molecule has 3 rings (SSSR count). The van der Waals surface area contributed by atoms with Gasteiger partial charge in [-0.2, -0.15) is 5.10 Å². The second-order valence-corrected chi connectivity index (χ2v) is 5.58. The molecule has 21 heavy (non-hydrogen) atoms. The highest BCUT2D eigenvalue weighted by molar-refractivity contribution is 6.59. The van der Waals surface area contributed by atoms with Crippen LogP contribution in [0.2, 0.25) is 0 Å². The highest BCUT2D eigenvalue weighted by atomic mass is 35.5. The van der Waals surface area contributed by atoms with Gasteiger partial charge in [0, 0.05) is 6.42 Å². The van der Waals surface area contributed by atoms with Crippen molar-refractivity contribution < 1.29 is 9.59 Å². The second-order valence-electron chi connectivity index (χ2n) is 4.82. The van der Waals surface area contributed by atoms with Gasteiger partial charge in [0.05, 0.1) is 11.7 Å². The van der Waals surface area contributed by atoms with E-state index >= 15 is 0 Å². The summed E-state index contributed by atoms with van der Waals surface area (Å²) in [4.78, 5) is 24.9. The summed E-state index contributed by atoms with van der Waals surface area (Å²) in [5, 5.41) is 5.65. The summed E-state index contributed by atoms with van der Waals surface area (Å²) in [6, 6.07) is 9.56. The highest BCUT2D eigenvalue weighted by Crippen LogP contribution is 2.31. The van der Waals surface area contributed by atoms with Crippen LogP contribution in [0, 0.1) is 0 Å². The van der Waals surface area contributed by atoms with Crippen LogP contribution in [0.3, 0.4) is 0 Å². The Bertz CT molecular complexity index is 661. The molecule has 2 heterocycles. The van der Waals surface area contributed by atoms with Crippen molar-refractivity contribution in [3.8, 4) is 0 Å². The minimum absolute atomic E-state index is 0.0288. The summed E-state index contributed by atoms with van der Waals surface area (Å²) in [5.74, 6) is -0.879. The van der Waals surface area contributed by atoms with Gasteiger partial charge in [-0.1, -0.05) is 41.4 Å². The van der Waals surface area contributed by atoms with Gasteiger partial charge in [-0.3, -0.25) is 14.6 Å². The van der Waals surface area contributed by atoms with Crippen molar-refractivity contribution in [1.82, 2.24) is 4.90 Å². The van der Waals surface area contributed by atoms with Crippen molar-refractivity contribution in [2.45, 2.75) is 19.4 Å². The molecule has 2 aliphatic heterocycles. The highest BCUT2D eigenvalue weighted by Gasteiger charge is 2.42. The van der Waals surface area contributed by atoms with E-state index in [9.17, 15) is 9.59 Å². The molecule has 0 aliphatic carbocycles. The smallest absolute Gasteiger partial charge is 0.267 e. The quantitative estimate of drug-likeness (QED) is 0.746. The molecule has 5 nitrogen and oxygen atoms in total. The van der Waals surface area contributed by atoms with E-state index in [0.717, 1.165) is 10.6 Å². The number of halogens is 2. The van der Waals surface area contributed by atoms with Crippen molar-refractivity contribution in [2.24, 2.45) is 5.10 Å². The van der Waals surface area contributed by atoms with Gasteiger partial charge in [0.2, 0.25) is 0 Å². The van der Waals surface area contributed by atoms with Gasteiger partial charge in [0.25, 0.3) is 11.8 Å². The van der Waals surface area contributed by atoms with Gasteiger partial charge in [0.1, 0.15) is 15.9 Å². The fourth-order valence-corrected chi connectivity index (χ4v) is 2.68.